The van der Waals surface area contributed by atoms with Crippen molar-refractivity contribution < 1.29 is 9.53 Å². The van der Waals surface area contributed by atoms with Crippen molar-refractivity contribution >= 4 is 22.4 Å². The van der Waals surface area contributed by atoms with E-state index in [9.17, 15) is 4.79 Å². The van der Waals surface area contributed by atoms with E-state index in [-0.39, 0.29) is 5.78 Å². The van der Waals surface area contributed by atoms with Crippen LogP contribution in [0, 0.1) is 12.8 Å². The number of carbonyl (C=O) groups excluding carboxylic acids is 1. The van der Waals surface area contributed by atoms with Crippen molar-refractivity contribution in [1.82, 2.24) is 9.88 Å². The minimum atomic E-state index is 0.0648. The maximum absolute atomic E-state index is 12.6. The molecule has 4 rings (SSSR count). The number of methoxy groups -OCH3 is 1. The van der Waals surface area contributed by atoms with E-state index in [2.05, 4.69) is 73.1 Å². The Labute approximate surface area is 203 Å². The number of nitrogens with zero attached hydrogens (tertiary/aromatic N) is 3. The van der Waals surface area contributed by atoms with Gasteiger partial charge in [-0.15, -0.1) is 0 Å². The quantitative estimate of drug-likeness (QED) is 0.420. The van der Waals surface area contributed by atoms with Gasteiger partial charge in [-0.05, 0) is 93.6 Å². The summed E-state index contributed by atoms with van der Waals surface area (Å²) in [6, 6.07) is 10.8. The van der Waals surface area contributed by atoms with Crippen molar-refractivity contribution in [2.75, 3.05) is 45.7 Å². The Morgan fingerprint density at radius 1 is 1.15 bits per heavy atom. The van der Waals surface area contributed by atoms with Crippen LogP contribution in [0.5, 0.6) is 5.75 Å². The number of piperidine rings is 1. The van der Waals surface area contributed by atoms with Crippen LogP contribution in [0.3, 0.4) is 0 Å². The molecule has 0 N–H and O–H groups in total. The second-order valence-electron chi connectivity index (χ2n) is 9.83. The molecule has 5 heteroatoms. The van der Waals surface area contributed by atoms with Crippen LogP contribution in [0.15, 0.2) is 36.5 Å². The molecule has 0 radical (unpaired) electrons. The number of aromatic nitrogens is 1. The monoisotopic (exact) mass is 459 g/mol. The van der Waals surface area contributed by atoms with E-state index in [1.807, 2.05) is 0 Å². The number of fused-ring (bicyclic) bond motifs is 1. The van der Waals surface area contributed by atoms with Gasteiger partial charge in [0.15, 0.2) is 5.78 Å². The Bertz CT molecular complexity index is 1190. The number of ether oxygens (including phenoxy) is 1. The lowest BCUT2D eigenvalue weighted by Crippen LogP contribution is -2.37. The van der Waals surface area contributed by atoms with Gasteiger partial charge in [-0.1, -0.05) is 19.1 Å². The fraction of sp³-hybridized carbons (Fsp3) is 0.448. The molecule has 1 aliphatic heterocycles. The number of anilines is 1. The first kappa shape index (κ1) is 24.2. The number of Topliss-reactive ketones (excluding diaryl/α,β-unsaturated/α-hetero) is 1. The first-order valence-corrected chi connectivity index (χ1v) is 12.3. The summed E-state index contributed by atoms with van der Waals surface area (Å²) in [6.45, 7) is 8.98. The van der Waals surface area contributed by atoms with Crippen molar-refractivity contribution in [3.63, 3.8) is 0 Å². The first-order chi connectivity index (χ1) is 16.3. The largest absolute Gasteiger partial charge is 0.496 e. The van der Waals surface area contributed by atoms with Crippen molar-refractivity contribution in [2.45, 2.75) is 40.0 Å². The van der Waals surface area contributed by atoms with E-state index >= 15 is 0 Å². The lowest BCUT2D eigenvalue weighted by atomic mass is 9.93. The Balaban J connectivity index is 1.80. The average molecular weight is 460 g/mol. The van der Waals surface area contributed by atoms with E-state index in [1.54, 1.807) is 20.2 Å². The summed E-state index contributed by atoms with van der Waals surface area (Å²) < 4.78 is 5.70. The second kappa shape index (κ2) is 10.1. The van der Waals surface area contributed by atoms with Gasteiger partial charge in [-0.2, -0.15) is 0 Å². The molecule has 1 fully saturated rings. The Morgan fingerprint density at radius 2 is 1.88 bits per heavy atom. The fourth-order valence-electron chi connectivity index (χ4n) is 5.40. The van der Waals surface area contributed by atoms with Crippen LogP contribution in [0.4, 0.5) is 5.69 Å². The molecule has 0 saturated carbocycles. The number of rotatable bonds is 7. The van der Waals surface area contributed by atoms with Gasteiger partial charge in [0, 0.05) is 31.2 Å². The van der Waals surface area contributed by atoms with Crippen LogP contribution in [-0.4, -0.2) is 56.5 Å². The van der Waals surface area contributed by atoms with Crippen molar-refractivity contribution in [3.05, 3.63) is 53.2 Å². The number of benzene rings is 2. The lowest BCUT2D eigenvalue weighted by Gasteiger charge is -2.36. The van der Waals surface area contributed by atoms with Crippen LogP contribution < -0.4 is 9.64 Å². The lowest BCUT2D eigenvalue weighted by molar-refractivity contribution is 0.101. The first-order valence-electron chi connectivity index (χ1n) is 12.3. The van der Waals surface area contributed by atoms with Gasteiger partial charge in [0.25, 0.3) is 0 Å². The molecular formula is C29H37N3O2. The van der Waals surface area contributed by atoms with Gasteiger partial charge in [0.05, 0.1) is 23.9 Å². The SMILES string of the molecule is CCc1c(C)cc(-c2ccc3ncc(C(C)=O)c(N4CCC(CN(C)C)CC4)c3c2)cc1OC. The zero-order valence-electron chi connectivity index (χ0n) is 21.4. The van der Waals surface area contributed by atoms with Crippen molar-refractivity contribution in [2.24, 2.45) is 5.92 Å². The van der Waals surface area contributed by atoms with Crippen LogP contribution >= 0.6 is 0 Å². The summed E-state index contributed by atoms with van der Waals surface area (Å²) in [5.74, 6) is 1.69. The van der Waals surface area contributed by atoms with Gasteiger partial charge < -0.3 is 14.5 Å². The summed E-state index contributed by atoms with van der Waals surface area (Å²) in [7, 11) is 6.02. The molecule has 0 bridgehead atoms. The molecule has 1 aliphatic rings. The van der Waals surface area contributed by atoms with E-state index in [0.717, 1.165) is 72.4 Å². The normalized spacial score (nSPS) is 14.7. The van der Waals surface area contributed by atoms with Gasteiger partial charge >= 0.3 is 0 Å². The summed E-state index contributed by atoms with van der Waals surface area (Å²) >= 11 is 0. The third kappa shape index (κ3) is 4.80. The fourth-order valence-corrected chi connectivity index (χ4v) is 5.40. The molecule has 1 aromatic heterocycles. The molecule has 0 amide bonds. The number of aryl methyl sites for hydroxylation is 1. The highest BCUT2D eigenvalue weighted by atomic mass is 16.5. The summed E-state index contributed by atoms with van der Waals surface area (Å²) in [6.07, 6.45) is 4.96. The minimum Gasteiger partial charge on any atom is -0.496 e. The molecule has 5 nitrogen and oxygen atoms in total. The Hall–Kier alpha value is -2.92. The third-order valence-corrected chi connectivity index (χ3v) is 7.11. The second-order valence-corrected chi connectivity index (χ2v) is 9.83. The molecular weight excluding hydrogens is 422 g/mol. The van der Waals surface area contributed by atoms with Gasteiger partial charge in [-0.25, -0.2) is 0 Å². The Kier molecular flexibility index (Phi) is 7.22. The van der Waals surface area contributed by atoms with Crippen molar-refractivity contribution in [1.29, 1.82) is 0 Å². The zero-order chi connectivity index (χ0) is 24.4. The smallest absolute Gasteiger partial charge is 0.163 e. The molecule has 34 heavy (non-hydrogen) atoms. The molecule has 0 spiro atoms. The number of hydrogen-bond acceptors (Lipinski definition) is 5. The molecule has 0 atom stereocenters. The molecule has 2 heterocycles. The minimum absolute atomic E-state index is 0.0648. The number of ketones is 1. The highest BCUT2D eigenvalue weighted by Crippen LogP contribution is 2.37. The molecule has 3 aromatic rings. The van der Waals surface area contributed by atoms with Crippen LogP contribution in [0.25, 0.3) is 22.0 Å². The summed E-state index contributed by atoms with van der Waals surface area (Å²) in [5.41, 5.74) is 7.39. The van der Waals surface area contributed by atoms with Crippen LogP contribution in [0.2, 0.25) is 0 Å². The van der Waals surface area contributed by atoms with Crippen molar-refractivity contribution in [3.8, 4) is 16.9 Å². The zero-order valence-corrected chi connectivity index (χ0v) is 21.4. The standard InChI is InChI=1S/C29H37N3O2/c1-7-24-19(2)14-23(16-28(24)34-6)22-8-9-27-25(15-22)29(26(17-30-27)20(3)33)32-12-10-21(11-13-32)18-31(4)5/h8-9,14-17,21H,7,10-13,18H2,1-6H3. The predicted octanol–water partition coefficient (Wildman–Crippen LogP) is 5.76. The van der Waals surface area contributed by atoms with E-state index in [4.69, 9.17) is 4.74 Å². The number of carbonyl (C=O) groups is 1. The highest BCUT2D eigenvalue weighted by molar-refractivity contribution is 6.08. The molecule has 0 aliphatic carbocycles. The maximum atomic E-state index is 12.6. The van der Waals surface area contributed by atoms with E-state index in [1.165, 1.54) is 11.1 Å². The highest BCUT2D eigenvalue weighted by Gasteiger charge is 2.25. The average Bonchev–Trinajstić information content (AvgIpc) is 2.82. The summed E-state index contributed by atoms with van der Waals surface area (Å²) in [4.78, 5) is 22.0. The molecule has 180 valence electrons. The Morgan fingerprint density at radius 3 is 2.50 bits per heavy atom. The van der Waals surface area contributed by atoms with E-state index < -0.39 is 0 Å². The molecule has 2 aromatic carbocycles. The van der Waals surface area contributed by atoms with E-state index in [0.29, 0.717) is 11.5 Å². The van der Waals surface area contributed by atoms with Gasteiger partial charge in [0.1, 0.15) is 5.75 Å². The molecule has 0 unspecified atom stereocenters. The van der Waals surface area contributed by atoms with Gasteiger partial charge in [0.2, 0.25) is 0 Å². The maximum Gasteiger partial charge on any atom is 0.163 e. The predicted molar refractivity (Wildman–Crippen MR) is 141 cm³/mol. The van der Waals surface area contributed by atoms with Crippen LogP contribution in [-0.2, 0) is 6.42 Å². The number of hydrogen-bond donors (Lipinski definition) is 0. The third-order valence-electron chi connectivity index (χ3n) is 7.11. The topological polar surface area (TPSA) is 45.7 Å². The van der Waals surface area contributed by atoms with Crippen LogP contribution in [0.1, 0.15) is 48.2 Å². The van der Waals surface area contributed by atoms with Gasteiger partial charge in [-0.3, -0.25) is 9.78 Å². The number of pyridine rings is 1. The molecule has 1 saturated heterocycles. The summed E-state index contributed by atoms with van der Waals surface area (Å²) in [5, 5.41) is 1.05.